The summed E-state index contributed by atoms with van der Waals surface area (Å²) in [5.41, 5.74) is 5.56. The van der Waals surface area contributed by atoms with Crippen LogP contribution in [0.15, 0.2) is 34.7 Å². The lowest BCUT2D eigenvalue weighted by Gasteiger charge is -2.31. The van der Waals surface area contributed by atoms with E-state index in [4.69, 9.17) is 10.2 Å². The predicted octanol–water partition coefficient (Wildman–Crippen LogP) is 0.0292. The van der Waals surface area contributed by atoms with Gasteiger partial charge in [-0.3, -0.25) is 9.80 Å². The van der Waals surface area contributed by atoms with Crippen LogP contribution in [0, 0.1) is 0 Å². The monoisotopic (exact) mass is 236 g/mol. The third-order valence-electron chi connectivity index (χ3n) is 2.76. The van der Waals surface area contributed by atoms with Gasteiger partial charge in [-0.2, -0.15) is 0 Å². The normalized spacial score (nSPS) is 20.5. The quantitative estimate of drug-likeness (QED) is 0.705. The number of nitrogens with one attached hydrogen (secondary N) is 1. The first-order chi connectivity index (χ1) is 8.27. The smallest absolute Gasteiger partial charge is 0.212 e. The van der Waals surface area contributed by atoms with Gasteiger partial charge in [0, 0.05) is 20.1 Å². The summed E-state index contributed by atoms with van der Waals surface area (Å²) >= 11 is 0. The van der Waals surface area contributed by atoms with E-state index in [0.29, 0.717) is 19.5 Å². The molecule has 1 atom stereocenters. The molecule has 0 saturated carbocycles. The molecule has 1 amide bonds. The van der Waals surface area contributed by atoms with E-state index in [1.165, 1.54) is 0 Å². The van der Waals surface area contributed by atoms with E-state index in [9.17, 15) is 4.79 Å². The number of rotatable bonds is 5. The Kier molecular flexibility index (Phi) is 3.46. The van der Waals surface area contributed by atoms with Gasteiger partial charge in [-0.05, 0) is 18.2 Å². The summed E-state index contributed by atoms with van der Waals surface area (Å²) in [6.07, 6.45) is 4.23. The highest BCUT2D eigenvalue weighted by Crippen LogP contribution is 2.30. The summed E-state index contributed by atoms with van der Waals surface area (Å²) in [7, 11) is 1.93. The van der Waals surface area contributed by atoms with Crippen LogP contribution in [-0.4, -0.2) is 36.6 Å². The summed E-state index contributed by atoms with van der Waals surface area (Å²) in [6.45, 7) is 1.15. The Labute approximate surface area is 99.6 Å². The van der Waals surface area contributed by atoms with Crippen molar-refractivity contribution in [3.8, 4) is 0 Å². The second-order valence-corrected chi connectivity index (χ2v) is 3.76. The number of nitrogens with zero attached hydrogens (tertiary/aromatic N) is 2. The van der Waals surface area contributed by atoms with Crippen molar-refractivity contribution in [2.75, 3.05) is 20.1 Å². The average Bonchev–Trinajstić information content (AvgIpc) is 2.92. The first-order valence-electron chi connectivity index (χ1n) is 5.43. The molecule has 2 heterocycles. The maximum atomic E-state index is 10.6. The van der Waals surface area contributed by atoms with Gasteiger partial charge in [0.1, 0.15) is 17.6 Å². The van der Waals surface area contributed by atoms with Crippen LogP contribution in [-0.2, 0) is 4.79 Å². The largest absolute Gasteiger partial charge is 0.467 e. The zero-order valence-electron chi connectivity index (χ0n) is 9.67. The van der Waals surface area contributed by atoms with E-state index in [2.05, 4.69) is 5.32 Å². The molecule has 2 rings (SSSR count). The van der Waals surface area contributed by atoms with Crippen molar-refractivity contribution in [1.82, 2.24) is 15.3 Å². The van der Waals surface area contributed by atoms with Gasteiger partial charge in [0.2, 0.25) is 6.41 Å². The Hall–Kier alpha value is -1.79. The second kappa shape index (κ2) is 5.03. The van der Waals surface area contributed by atoms with Crippen LogP contribution in [0.25, 0.3) is 0 Å². The van der Waals surface area contributed by atoms with Gasteiger partial charge in [0.15, 0.2) is 0 Å². The van der Waals surface area contributed by atoms with Crippen LogP contribution in [0.2, 0.25) is 0 Å². The number of hydrazine groups is 1. The van der Waals surface area contributed by atoms with Crippen molar-refractivity contribution < 1.29 is 9.21 Å². The molecule has 0 bridgehead atoms. The Balaban J connectivity index is 2.22. The van der Waals surface area contributed by atoms with Crippen LogP contribution >= 0.6 is 0 Å². The van der Waals surface area contributed by atoms with E-state index >= 15 is 0 Å². The zero-order valence-corrected chi connectivity index (χ0v) is 9.67. The minimum atomic E-state index is -0.0148. The minimum Gasteiger partial charge on any atom is -0.467 e. The maximum Gasteiger partial charge on any atom is 0.212 e. The molecule has 0 fully saturated rings. The average molecular weight is 236 g/mol. The fourth-order valence-corrected chi connectivity index (χ4v) is 1.97. The second-order valence-electron chi connectivity index (χ2n) is 3.76. The van der Waals surface area contributed by atoms with Gasteiger partial charge in [0.25, 0.3) is 0 Å². The highest BCUT2D eigenvalue weighted by molar-refractivity contribution is 5.50. The molecule has 17 heavy (non-hydrogen) atoms. The first kappa shape index (κ1) is 11.7. The fraction of sp³-hybridized carbons (Fsp3) is 0.364. The molecular formula is C11H16N4O2. The van der Waals surface area contributed by atoms with Crippen LogP contribution in [0.1, 0.15) is 11.8 Å². The van der Waals surface area contributed by atoms with Crippen molar-refractivity contribution >= 4 is 6.41 Å². The number of hydrogen-bond acceptors (Lipinski definition) is 5. The Bertz CT molecular complexity index is 402. The number of hydrogen-bond donors (Lipinski definition) is 2. The minimum absolute atomic E-state index is 0.0148. The summed E-state index contributed by atoms with van der Waals surface area (Å²) in [5, 5.41) is 6.57. The first-order valence-corrected chi connectivity index (χ1v) is 5.43. The van der Waals surface area contributed by atoms with Crippen molar-refractivity contribution in [1.29, 1.82) is 0 Å². The van der Waals surface area contributed by atoms with Gasteiger partial charge >= 0.3 is 0 Å². The lowest BCUT2D eigenvalue weighted by atomic mass is 10.2. The molecule has 92 valence electrons. The molecule has 1 aromatic heterocycles. The molecule has 1 aliphatic heterocycles. The van der Waals surface area contributed by atoms with Crippen LogP contribution in [0.5, 0.6) is 0 Å². The van der Waals surface area contributed by atoms with E-state index in [1.54, 1.807) is 6.26 Å². The van der Waals surface area contributed by atoms with Gasteiger partial charge in [-0.1, -0.05) is 0 Å². The lowest BCUT2D eigenvalue weighted by molar-refractivity contribution is -0.109. The van der Waals surface area contributed by atoms with E-state index in [0.717, 1.165) is 11.6 Å². The topological polar surface area (TPSA) is 74.7 Å². The number of nitrogens with two attached hydrogens (primary N) is 1. The SMILES string of the molecule is CN1C(c2ccco2)C=C(NC=O)N1CCN. The van der Waals surface area contributed by atoms with E-state index in [-0.39, 0.29) is 6.04 Å². The Morgan fingerprint density at radius 1 is 1.65 bits per heavy atom. The highest BCUT2D eigenvalue weighted by Gasteiger charge is 2.31. The van der Waals surface area contributed by atoms with Crippen molar-refractivity contribution in [2.45, 2.75) is 6.04 Å². The number of carbonyl (C=O) groups excluding carboxylic acids is 1. The Morgan fingerprint density at radius 2 is 2.47 bits per heavy atom. The molecule has 0 radical (unpaired) electrons. The molecular weight excluding hydrogens is 220 g/mol. The van der Waals surface area contributed by atoms with Crippen molar-refractivity contribution in [3.05, 3.63) is 36.1 Å². The molecule has 6 nitrogen and oxygen atoms in total. The van der Waals surface area contributed by atoms with Crippen LogP contribution < -0.4 is 11.1 Å². The van der Waals surface area contributed by atoms with Crippen LogP contribution in [0.3, 0.4) is 0 Å². The molecule has 3 N–H and O–H groups in total. The van der Waals surface area contributed by atoms with E-state index in [1.807, 2.05) is 35.3 Å². The third kappa shape index (κ3) is 2.17. The van der Waals surface area contributed by atoms with Gasteiger partial charge in [-0.15, -0.1) is 0 Å². The van der Waals surface area contributed by atoms with Crippen LogP contribution in [0.4, 0.5) is 0 Å². The number of furan rings is 1. The lowest BCUT2D eigenvalue weighted by Crippen LogP contribution is -2.41. The number of likely N-dealkylation sites (N-methyl/N-ethyl adjacent to an activating group) is 1. The zero-order chi connectivity index (χ0) is 12.3. The summed E-state index contributed by atoms with van der Waals surface area (Å²) in [6, 6.07) is 3.73. The summed E-state index contributed by atoms with van der Waals surface area (Å²) in [4.78, 5) is 10.6. The van der Waals surface area contributed by atoms with Gasteiger partial charge in [0.05, 0.1) is 6.26 Å². The third-order valence-corrected chi connectivity index (χ3v) is 2.76. The van der Waals surface area contributed by atoms with Crippen molar-refractivity contribution in [3.63, 3.8) is 0 Å². The molecule has 0 aliphatic carbocycles. The maximum absolute atomic E-state index is 10.6. The summed E-state index contributed by atoms with van der Waals surface area (Å²) in [5.74, 6) is 1.56. The molecule has 0 spiro atoms. The molecule has 1 aliphatic rings. The predicted molar refractivity (Wildman–Crippen MR) is 62.3 cm³/mol. The van der Waals surface area contributed by atoms with Crippen molar-refractivity contribution in [2.24, 2.45) is 5.73 Å². The molecule has 0 saturated heterocycles. The summed E-state index contributed by atoms with van der Waals surface area (Å²) < 4.78 is 5.38. The molecule has 6 heteroatoms. The molecule has 1 unspecified atom stereocenters. The fourth-order valence-electron chi connectivity index (χ4n) is 1.97. The highest BCUT2D eigenvalue weighted by atomic mass is 16.3. The number of amides is 1. The number of carbonyl (C=O) groups is 1. The molecule has 0 aromatic carbocycles. The molecule has 1 aromatic rings. The van der Waals surface area contributed by atoms with Gasteiger partial charge < -0.3 is 15.5 Å². The standard InChI is InChI=1S/C11H16N4O2/c1-14-9(10-3-2-6-17-10)7-11(13-8-16)15(14)5-4-12/h2-3,6-9H,4-5,12H2,1H3,(H,13,16). The van der Waals surface area contributed by atoms with Gasteiger partial charge in [-0.25, -0.2) is 5.01 Å². The van der Waals surface area contributed by atoms with E-state index < -0.39 is 0 Å². The Morgan fingerprint density at radius 3 is 3.06 bits per heavy atom.